The maximum atomic E-state index is 13.1. The third kappa shape index (κ3) is 4.02. The molecule has 2 aliphatic heterocycles. The van der Waals surface area contributed by atoms with Crippen LogP contribution in [0, 0.1) is 6.92 Å². The molecule has 24 heavy (non-hydrogen) atoms. The van der Waals surface area contributed by atoms with Crippen LogP contribution < -0.4 is 10.0 Å². The number of amides is 1. The first-order valence-corrected chi connectivity index (χ1v) is 9.86. The summed E-state index contributed by atoms with van der Waals surface area (Å²) in [5.74, 6) is -0.0731. The molecule has 1 aromatic carbocycles. The molecule has 0 radical (unpaired) electrons. The lowest BCUT2D eigenvalue weighted by Gasteiger charge is -2.29. The van der Waals surface area contributed by atoms with E-state index in [-0.39, 0.29) is 30.4 Å². The van der Waals surface area contributed by atoms with Gasteiger partial charge in [0.15, 0.2) is 0 Å². The van der Waals surface area contributed by atoms with Crippen LogP contribution in [0.1, 0.15) is 35.2 Å². The van der Waals surface area contributed by atoms with Gasteiger partial charge in [0.1, 0.15) is 0 Å². The van der Waals surface area contributed by atoms with Crippen LogP contribution in [0.2, 0.25) is 0 Å². The number of hydrogen-bond donors (Lipinski definition) is 2. The van der Waals surface area contributed by atoms with Crippen LogP contribution in [0.3, 0.4) is 0 Å². The number of hydrogen-bond acceptors (Lipinski definition) is 4. The van der Waals surface area contributed by atoms with Crippen LogP contribution >= 0.6 is 12.4 Å². The molecule has 8 heteroatoms. The Balaban J connectivity index is 0.00000208. The quantitative estimate of drug-likeness (QED) is 0.846. The standard InChI is InChI=1S/C16H23N3O3S.ClH/c1-11-3-6-15(18-23(2,21)22)14(9-11)16(20)19-12-4-5-13(19)10-17-8-7-12;/h3,6,9,12-13,17-18H,4-5,7-8,10H2,1-2H3;1H. The van der Waals surface area contributed by atoms with E-state index in [1.807, 2.05) is 17.9 Å². The summed E-state index contributed by atoms with van der Waals surface area (Å²) < 4.78 is 25.6. The number of anilines is 1. The van der Waals surface area contributed by atoms with Gasteiger partial charge < -0.3 is 10.2 Å². The van der Waals surface area contributed by atoms with Crippen LogP contribution in [-0.2, 0) is 10.0 Å². The average Bonchev–Trinajstić information content (AvgIpc) is 2.72. The van der Waals surface area contributed by atoms with Crippen LogP contribution in [0.15, 0.2) is 18.2 Å². The van der Waals surface area contributed by atoms with Crippen LogP contribution in [0.25, 0.3) is 0 Å². The van der Waals surface area contributed by atoms with Gasteiger partial charge in [-0.1, -0.05) is 11.6 Å². The highest BCUT2D eigenvalue weighted by Crippen LogP contribution is 2.31. The predicted octanol–water partition coefficient (Wildman–Crippen LogP) is 1.75. The molecule has 0 saturated carbocycles. The summed E-state index contributed by atoms with van der Waals surface area (Å²) in [4.78, 5) is 15.1. The fraction of sp³-hybridized carbons (Fsp3) is 0.562. The largest absolute Gasteiger partial charge is 0.331 e. The number of aryl methyl sites for hydroxylation is 1. The number of nitrogens with one attached hydrogen (secondary N) is 2. The van der Waals surface area contributed by atoms with E-state index in [2.05, 4.69) is 10.0 Å². The molecule has 134 valence electrons. The minimum atomic E-state index is -3.43. The highest BCUT2D eigenvalue weighted by molar-refractivity contribution is 7.92. The minimum absolute atomic E-state index is 0. The maximum Gasteiger partial charge on any atom is 0.256 e. The smallest absolute Gasteiger partial charge is 0.256 e. The molecule has 2 fully saturated rings. The lowest BCUT2D eigenvalue weighted by molar-refractivity contribution is 0.0681. The van der Waals surface area contributed by atoms with Crippen LogP contribution in [0.4, 0.5) is 5.69 Å². The van der Waals surface area contributed by atoms with Gasteiger partial charge in [-0.15, -0.1) is 12.4 Å². The lowest BCUT2D eigenvalue weighted by atomic mass is 10.1. The zero-order chi connectivity index (χ0) is 16.6. The van der Waals surface area contributed by atoms with Crippen molar-refractivity contribution < 1.29 is 13.2 Å². The Hall–Kier alpha value is -1.31. The van der Waals surface area contributed by atoms with E-state index >= 15 is 0 Å². The summed E-state index contributed by atoms with van der Waals surface area (Å²) in [5.41, 5.74) is 1.74. The molecule has 3 rings (SSSR count). The maximum absolute atomic E-state index is 13.1. The highest BCUT2D eigenvalue weighted by Gasteiger charge is 2.39. The van der Waals surface area contributed by atoms with Crippen LogP contribution in [0.5, 0.6) is 0 Å². The number of carbonyl (C=O) groups is 1. The SMILES string of the molecule is Cc1ccc(NS(C)(=O)=O)c(C(=O)N2C3CCNCC2CC3)c1.Cl. The van der Waals surface area contributed by atoms with Gasteiger partial charge in [-0.3, -0.25) is 9.52 Å². The summed E-state index contributed by atoms with van der Waals surface area (Å²) in [6.07, 6.45) is 4.08. The van der Waals surface area contributed by atoms with Crippen molar-refractivity contribution in [3.05, 3.63) is 29.3 Å². The first-order chi connectivity index (χ1) is 10.8. The van der Waals surface area contributed by atoms with Gasteiger partial charge in [0, 0.05) is 18.6 Å². The second-order valence-corrected chi connectivity index (χ2v) is 8.26. The number of benzene rings is 1. The minimum Gasteiger partial charge on any atom is -0.331 e. The van der Waals surface area contributed by atoms with Crippen molar-refractivity contribution in [1.29, 1.82) is 0 Å². The molecule has 0 aromatic heterocycles. The van der Waals surface area contributed by atoms with Crippen molar-refractivity contribution >= 4 is 34.0 Å². The van der Waals surface area contributed by atoms with Crippen molar-refractivity contribution in [2.45, 2.75) is 38.3 Å². The summed E-state index contributed by atoms with van der Waals surface area (Å²) in [6, 6.07) is 5.69. The van der Waals surface area contributed by atoms with E-state index < -0.39 is 10.0 Å². The number of carbonyl (C=O) groups excluding carboxylic acids is 1. The van der Waals surface area contributed by atoms with E-state index in [1.54, 1.807) is 12.1 Å². The Labute approximate surface area is 149 Å². The van der Waals surface area contributed by atoms with E-state index in [4.69, 9.17) is 0 Å². The highest BCUT2D eigenvalue weighted by atomic mass is 35.5. The van der Waals surface area contributed by atoms with Crippen LogP contribution in [-0.4, -0.2) is 50.7 Å². The van der Waals surface area contributed by atoms with Gasteiger partial charge in [-0.2, -0.15) is 0 Å². The molecule has 2 unspecified atom stereocenters. The molecule has 1 aromatic rings. The fourth-order valence-electron chi connectivity index (χ4n) is 3.58. The average molecular weight is 374 g/mol. The number of rotatable bonds is 3. The zero-order valence-corrected chi connectivity index (χ0v) is 15.5. The molecule has 2 atom stereocenters. The topological polar surface area (TPSA) is 78.5 Å². The predicted molar refractivity (Wildman–Crippen MR) is 97.4 cm³/mol. The monoisotopic (exact) mass is 373 g/mol. The fourth-order valence-corrected chi connectivity index (χ4v) is 4.15. The third-order valence-corrected chi connectivity index (χ3v) is 5.18. The molecule has 2 saturated heterocycles. The molecular formula is C16H24ClN3O3S. The third-order valence-electron chi connectivity index (χ3n) is 4.59. The number of sulfonamides is 1. The normalized spacial score (nSPS) is 23.3. The Morgan fingerprint density at radius 1 is 1.25 bits per heavy atom. The second-order valence-electron chi connectivity index (χ2n) is 6.51. The Morgan fingerprint density at radius 2 is 1.96 bits per heavy atom. The molecule has 0 spiro atoms. The summed E-state index contributed by atoms with van der Waals surface area (Å²) in [5, 5.41) is 3.37. The molecule has 2 heterocycles. The van der Waals surface area contributed by atoms with E-state index in [1.165, 1.54) is 0 Å². The van der Waals surface area contributed by atoms with E-state index in [9.17, 15) is 13.2 Å². The van der Waals surface area contributed by atoms with E-state index in [0.717, 1.165) is 44.2 Å². The Bertz CT molecular complexity index is 709. The molecule has 2 bridgehead atoms. The van der Waals surface area contributed by atoms with Crippen molar-refractivity contribution in [3.8, 4) is 0 Å². The lowest BCUT2D eigenvalue weighted by Crippen LogP contribution is -2.42. The molecule has 1 amide bonds. The van der Waals surface area contributed by atoms with Crippen molar-refractivity contribution in [3.63, 3.8) is 0 Å². The van der Waals surface area contributed by atoms with Gasteiger partial charge in [0.2, 0.25) is 10.0 Å². The molecule has 0 aliphatic carbocycles. The van der Waals surface area contributed by atoms with Gasteiger partial charge in [0.05, 0.1) is 17.5 Å². The van der Waals surface area contributed by atoms with Gasteiger partial charge in [-0.05, 0) is 44.9 Å². The van der Waals surface area contributed by atoms with Crippen molar-refractivity contribution in [2.24, 2.45) is 0 Å². The summed E-state index contributed by atoms with van der Waals surface area (Å²) in [6.45, 7) is 3.63. The Kier molecular flexibility index (Phi) is 5.78. The van der Waals surface area contributed by atoms with Gasteiger partial charge >= 0.3 is 0 Å². The first kappa shape index (κ1) is 19.0. The number of nitrogens with zero attached hydrogens (tertiary/aromatic N) is 1. The van der Waals surface area contributed by atoms with E-state index in [0.29, 0.717) is 11.3 Å². The summed E-state index contributed by atoms with van der Waals surface area (Å²) in [7, 11) is -3.43. The Morgan fingerprint density at radius 3 is 2.67 bits per heavy atom. The van der Waals surface area contributed by atoms with Gasteiger partial charge in [0.25, 0.3) is 5.91 Å². The second kappa shape index (κ2) is 7.29. The van der Waals surface area contributed by atoms with Gasteiger partial charge in [-0.25, -0.2) is 8.42 Å². The van der Waals surface area contributed by atoms with Crippen molar-refractivity contribution in [1.82, 2.24) is 10.2 Å². The molecular weight excluding hydrogens is 350 g/mol. The number of fused-ring (bicyclic) bond motifs is 2. The van der Waals surface area contributed by atoms with Crippen molar-refractivity contribution in [2.75, 3.05) is 24.1 Å². The zero-order valence-electron chi connectivity index (χ0n) is 13.9. The first-order valence-electron chi connectivity index (χ1n) is 7.97. The molecule has 2 aliphatic rings. The molecule has 2 N–H and O–H groups in total. The summed E-state index contributed by atoms with van der Waals surface area (Å²) >= 11 is 0. The number of halogens is 1. The molecule has 6 nitrogen and oxygen atoms in total.